The Morgan fingerprint density at radius 2 is 1.81 bits per heavy atom. The molecule has 1 aliphatic carbocycles. The van der Waals surface area contributed by atoms with E-state index in [0.717, 1.165) is 62.9 Å². The lowest BCUT2D eigenvalue weighted by Gasteiger charge is -2.24. The first kappa shape index (κ1) is 18.4. The van der Waals surface area contributed by atoms with E-state index < -0.39 is 0 Å². The van der Waals surface area contributed by atoms with Gasteiger partial charge in [0.15, 0.2) is 5.82 Å². The largest absolute Gasteiger partial charge is 0.340 e. The van der Waals surface area contributed by atoms with Crippen LogP contribution in [0.2, 0.25) is 0 Å². The fourth-order valence-corrected chi connectivity index (χ4v) is 5.04. The maximum atomic E-state index is 12.7. The Bertz CT molecular complexity index is 695. The van der Waals surface area contributed by atoms with Crippen molar-refractivity contribution < 1.29 is 9.59 Å². The first-order valence-electron chi connectivity index (χ1n) is 10.6. The summed E-state index contributed by atoms with van der Waals surface area (Å²) < 4.78 is 2.16. The predicted octanol–water partition coefficient (Wildman–Crippen LogP) is 2.32. The van der Waals surface area contributed by atoms with Crippen molar-refractivity contribution in [3.8, 4) is 0 Å². The lowest BCUT2D eigenvalue weighted by atomic mass is 10.0. The molecule has 0 aromatic carbocycles. The molecule has 3 aliphatic rings. The summed E-state index contributed by atoms with van der Waals surface area (Å²) in [5, 5.41) is 8.82. The van der Waals surface area contributed by atoms with Crippen molar-refractivity contribution in [3.63, 3.8) is 0 Å². The molecule has 2 aliphatic heterocycles. The molecule has 0 radical (unpaired) electrons. The van der Waals surface area contributed by atoms with Crippen molar-refractivity contribution >= 4 is 11.8 Å². The molecule has 1 atom stereocenters. The SMILES string of the molecule is CC(=O)N1CCCC1c1nnc2n1CCN(C(=O)CCC1CCCC1)CC2. The highest BCUT2D eigenvalue weighted by Crippen LogP contribution is 2.32. The molecule has 7 nitrogen and oxygen atoms in total. The van der Waals surface area contributed by atoms with Crippen LogP contribution < -0.4 is 0 Å². The maximum Gasteiger partial charge on any atom is 0.222 e. The van der Waals surface area contributed by atoms with E-state index in [2.05, 4.69) is 14.8 Å². The third-order valence-electron chi connectivity index (χ3n) is 6.60. The highest BCUT2D eigenvalue weighted by Gasteiger charge is 2.33. The highest BCUT2D eigenvalue weighted by atomic mass is 16.2. The molecule has 2 amide bonds. The molecule has 4 rings (SSSR count). The predicted molar refractivity (Wildman–Crippen MR) is 101 cm³/mol. The van der Waals surface area contributed by atoms with Crippen molar-refractivity contribution in [2.75, 3.05) is 19.6 Å². The normalized spacial score (nSPS) is 23.5. The van der Waals surface area contributed by atoms with E-state index in [1.165, 1.54) is 25.7 Å². The van der Waals surface area contributed by atoms with Crippen molar-refractivity contribution in [2.45, 2.75) is 77.3 Å². The summed E-state index contributed by atoms with van der Waals surface area (Å²) in [4.78, 5) is 28.5. The zero-order valence-electron chi connectivity index (χ0n) is 16.4. The quantitative estimate of drug-likeness (QED) is 0.812. The van der Waals surface area contributed by atoms with Gasteiger partial charge in [-0.05, 0) is 25.2 Å². The van der Waals surface area contributed by atoms with Gasteiger partial charge in [-0.15, -0.1) is 10.2 Å². The summed E-state index contributed by atoms with van der Waals surface area (Å²) in [5.41, 5.74) is 0. The maximum absolute atomic E-state index is 12.7. The van der Waals surface area contributed by atoms with Crippen molar-refractivity contribution in [3.05, 3.63) is 11.6 Å². The van der Waals surface area contributed by atoms with E-state index >= 15 is 0 Å². The fourth-order valence-electron chi connectivity index (χ4n) is 5.04. The molecule has 7 heteroatoms. The number of rotatable bonds is 4. The van der Waals surface area contributed by atoms with Gasteiger partial charge in [0.05, 0.1) is 6.04 Å². The van der Waals surface area contributed by atoms with E-state index in [4.69, 9.17) is 0 Å². The summed E-state index contributed by atoms with van der Waals surface area (Å²) in [6, 6.07) is 0.0355. The minimum Gasteiger partial charge on any atom is -0.340 e. The van der Waals surface area contributed by atoms with Gasteiger partial charge in [0, 0.05) is 45.9 Å². The number of fused-ring (bicyclic) bond motifs is 1. The molecule has 1 aromatic heterocycles. The first-order chi connectivity index (χ1) is 13.1. The number of carbonyl (C=O) groups excluding carboxylic acids is 2. The van der Waals surface area contributed by atoms with E-state index in [1.807, 2.05) is 9.80 Å². The Morgan fingerprint density at radius 3 is 2.59 bits per heavy atom. The smallest absolute Gasteiger partial charge is 0.222 e. The first-order valence-corrected chi connectivity index (χ1v) is 10.6. The minimum atomic E-state index is 0.0355. The van der Waals surface area contributed by atoms with Crippen LogP contribution in [-0.2, 0) is 22.6 Å². The zero-order valence-corrected chi connectivity index (χ0v) is 16.4. The van der Waals surface area contributed by atoms with Gasteiger partial charge >= 0.3 is 0 Å². The fraction of sp³-hybridized carbons (Fsp3) is 0.800. The summed E-state index contributed by atoms with van der Waals surface area (Å²) in [5.74, 6) is 3.00. The molecule has 1 saturated heterocycles. The van der Waals surface area contributed by atoms with Gasteiger partial charge in [-0.1, -0.05) is 25.7 Å². The van der Waals surface area contributed by atoms with Crippen LogP contribution in [0.25, 0.3) is 0 Å². The minimum absolute atomic E-state index is 0.0355. The molecule has 148 valence electrons. The van der Waals surface area contributed by atoms with Crippen LogP contribution in [-0.4, -0.2) is 56.0 Å². The van der Waals surface area contributed by atoms with Crippen LogP contribution in [0, 0.1) is 5.92 Å². The number of nitrogens with zero attached hydrogens (tertiary/aromatic N) is 5. The van der Waals surface area contributed by atoms with Crippen molar-refractivity contribution in [1.82, 2.24) is 24.6 Å². The van der Waals surface area contributed by atoms with Gasteiger partial charge in [0.1, 0.15) is 5.82 Å². The van der Waals surface area contributed by atoms with Crippen LogP contribution >= 0.6 is 0 Å². The molecule has 27 heavy (non-hydrogen) atoms. The van der Waals surface area contributed by atoms with Crippen LogP contribution in [0.1, 0.15) is 76.0 Å². The van der Waals surface area contributed by atoms with E-state index in [9.17, 15) is 9.59 Å². The molecular weight excluding hydrogens is 342 g/mol. The third kappa shape index (κ3) is 3.87. The second-order valence-corrected chi connectivity index (χ2v) is 8.32. The molecule has 0 bridgehead atoms. The second-order valence-electron chi connectivity index (χ2n) is 8.32. The number of aromatic nitrogens is 3. The Hall–Kier alpha value is -1.92. The standard InChI is InChI=1S/C20H31N5O2/c1-15(26)24-11-4-7-17(24)20-22-21-18-10-12-23(13-14-25(18)20)19(27)9-8-16-5-2-3-6-16/h16-17H,2-14H2,1H3. The van der Waals surface area contributed by atoms with Gasteiger partial charge in [0.25, 0.3) is 0 Å². The van der Waals surface area contributed by atoms with Crippen LogP contribution in [0.4, 0.5) is 0 Å². The van der Waals surface area contributed by atoms with Crippen molar-refractivity contribution in [2.24, 2.45) is 5.92 Å². The van der Waals surface area contributed by atoms with Gasteiger partial charge in [-0.25, -0.2) is 0 Å². The summed E-state index contributed by atoms with van der Waals surface area (Å²) >= 11 is 0. The number of hydrogen-bond donors (Lipinski definition) is 0. The number of likely N-dealkylation sites (tertiary alicyclic amines) is 1. The lowest BCUT2D eigenvalue weighted by Crippen LogP contribution is -2.34. The lowest BCUT2D eigenvalue weighted by molar-refractivity contribution is -0.131. The van der Waals surface area contributed by atoms with E-state index in [-0.39, 0.29) is 17.9 Å². The number of carbonyl (C=O) groups is 2. The average Bonchev–Trinajstić information content (AvgIpc) is 3.38. The summed E-state index contributed by atoms with van der Waals surface area (Å²) in [6.45, 7) is 4.60. The average molecular weight is 374 g/mol. The Labute approximate surface area is 161 Å². The summed E-state index contributed by atoms with van der Waals surface area (Å²) in [6.07, 6.45) is 9.68. The number of amides is 2. The topological polar surface area (TPSA) is 71.3 Å². The summed E-state index contributed by atoms with van der Waals surface area (Å²) in [7, 11) is 0. The van der Waals surface area contributed by atoms with Gasteiger partial charge in [0.2, 0.25) is 11.8 Å². The Morgan fingerprint density at radius 1 is 1.00 bits per heavy atom. The molecule has 3 heterocycles. The van der Waals surface area contributed by atoms with Gasteiger partial charge in [-0.3, -0.25) is 9.59 Å². The molecule has 0 N–H and O–H groups in total. The van der Waals surface area contributed by atoms with Gasteiger partial charge < -0.3 is 14.4 Å². The van der Waals surface area contributed by atoms with Crippen LogP contribution in [0.15, 0.2) is 0 Å². The molecule has 2 fully saturated rings. The third-order valence-corrected chi connectivity index (χ3v) is 6.60. The molecular formula is C20H31N5O2. The van der Waals surface area contributed by atoms with Crippen LogP contribution in [0.3, 0.4) is 0 Å². The Balaban J connectivity index is 1.39. The highest BCUT2D eigenvalue weighted by molar-refractivity contribution is 5.76. The monoisotopic (exact) mass is 373 g/mol. The van der Waals surface area contributed by atoms with E-state index in [0.29, 0.717) is 13.0 Å². The molecule has 1 unspecified atom stereocenters. The van der Waals surface area contributed by atoms with Crippen molar-refractivity contribution in [1.29, 1.82) is 0 Å². The number of hydrogen-bond acceptors (Lipinski definition) is 4. The molecule has 0 spiro atoms. The van der Waals surface area contributed by atoms with E-state index in [1.54, 1.807) is 6.92 Å². The molecule has 1 aromatic rings. The van der Waals surface area contributed by atoms with Gasteiger partial charge in [-0.2, -0.15) is 0 Å². The Kier molecular flexibility index (Phi) is 5.45. The second kappa shape index (κ2) is 7.98. The van der Waals surface area contributed by atoms with Crippen LogP contribution in [0.5, 0.6) is 0 Å². The molecule has 1 saturated carbocycles. The zero-order chi connectivity index (χ0) is 18.8.